The van der Waals surface area contributed by atoms with Crippen molar-refractivity contribution in [3.05, 3.63) is 0 Å². The van der Waals surface area contributed by atoms with Crippen molar-refractivity contribution in [1.82, 2.24) is 0 Å². The summed E-state index contributed by atoms with van der Waals surface area (Å²) in [4.78, 5) is 11.9. The molecule has 0 aromatic heterocycles. The smallest absolute Gasteiger partial charge is 0.146 e. The number of ketones is 1. The van der Waals surface area contributed by atoms with Gasteiger partial charge in [0.05, 0.1) is 4.83 Å². The van der Waals surface area contributed by atoms with Gasteiger partial charge in [0.15, 0.2) is 0 Å². The first kappa shape index (κ1) is 15.2. The number of Topliss-reactive ketones (excluding diaryl/α,β-unsaturated/α-hetero) is 1. The molecule has 1 aliphatic carbocycles. The fourth-order valence-electron chi connectivity index (χ4n) is 2.53. The monoisotopic (exact) mass is 302 g/mol. The fraction of sp³-hybridized carbons (Fsp3) is 0.933. The van der Waals surface area contributed by atoms with E-state index in [1.54, 1.807) is 0 Å². The molecular formula is C15H27BrO. The normalized spacial score (nSPS) is 27.1. The molecule has 0 saturated heterocycles. The molecule has 100 valence electrons. The molecule has 0 aromatic carbocycles. The van der Waals surface area contributed by atoms with Crippen molar-refractivity contribution in [2.24, 2.45) is 0 Å². The molecule has 1 unspecified atom stereocenters. The Kier molecular flexibility index (Phi) is 9.04. The lowest BCUT2D eigenvalue weighted by atomic mass is 10.0. The molecule has 0 amide bonds. The summed E-state index contributed by atoms with van der Waals surface area (Å²) in [5, 5.41) is 0. The molecule has 1 rings (SSSR count). The summed E-state index contributed by atoms with van der Waals surface area (Å²) in [6, 6.07) is 0. The molecule has 17 heavy (non-hydrogen) atoms. The zero-order valence-corrected chi connectivity index (χ0v) is 12.6. The van der Waals surface area contributed by atoms with Crippen molar-refractivity contribution in [2.45, 2.75) is 88.3 Å². The summed E-state index contributed by atoms with van der Waals surface area (Å²) in [6.07, 6.45) is 16.3. The van der Waals surface area contributed by atoms with Crippen molar-refractivity contribution in [2.75, 3.05) is 0 Å². The van der Waals surface area contributed by atoms with E-state index in [-0.39, 0.29) is 4.83 Å². The van der Waals surface area contributed by atoms with Gasteiger partial charge in [-0.2, -0.15) is 0 Å². The lowest BCUT2D eigenvalue weighted by molar-refractivity contribution is -0.118. The van der Waals surface area contributed by atoms with Crippen molar-refractivity contribution in [1.29, 1.82) is 0 Å². The summed E-state index contributed by atoms with van der Waals surface area (Å²) >= 11 is 3.54. The van der Waals surface area contributed by atoms with Gasteiger partial charge in [-0.3, -0.25) is 4.79 Å². The van der Waals surface area contributed by atoms with Crippen LogP contribution in [0.5, 0.6) is 0 Å². The van der Waals surface area contributed by atoms with Crippen LogP contribution >= 0.6 is 15.9 Å². The summed E-state index contributed by atoms with van der Waals surface area (Å²) in [6.45, 7) is 0. The van der Waals surface area contributed by atoms with Gasteiger partial charge in [0.25, 0.3) is 0 Å². The van der Waals surface area contributed by atoms with Crippen LogP contribution in [0.25, 0.3) is 0 Å². The highest BCUT2D eigenvalue weighted by molar-refractivity contribution is 9.10. The lowest BCUT2D eigenvalue weighted by Crippen LogP contribution is -2.13. The molecule has 0 N–H and O–H groups in total. The van der Waals surface area contributed by atoms with Gasteiger partial charge in [0, 0.05) is 6.42 Å². The summed E-state index contributed by atoms with van der Waals surface area (Å²) < 4.78 is 0. The average molecular weight is 303 g/mol. The predicted octanol–water partition coefficient (Wildman–Crippen LogP) is 5.40. The van der Waals surface area contributed by atoms with E-state index in [0.29, 0.717) is 5.78 Å². The SMILES string of the molecule is O=C1CCCCCCCCCCCCCC1Br. The topological polar surface area (TPSA) is 17.1 Å². The second-order valence-corrected chi connectivity index (χ2v) is 6.47. The molecule has 1 nitrogen and oxygen atoms in total. The zero-order chi connectivity index (χ0) is 12.3. The van der Waals surface area contributed by atoms with Gasteiger partial charge in [0.1, 0.15) is 5.78 Å². The maximum absolute atomic E-state index is 11.8. The minimum absolute atomic E-state index is 0.132. The molecule has 2 heteroatoms. The first-order valence-corrected chi connectivity index (χ1v) is 8.39. The number of carbonyl (C=O) groups is 1. The van der Waals surface area contributed by atoms with Crippen LogP contribution in [0.2, 0.25) is 0 Å². The van der Waals surface area contributed by atoms with Gasteiger partial charge in [0.2, 0.25) is 0 Å². The molecule has 1 saturated carbocycles. The Morgan fingerprint density at radius 2 is 1.12 bits per heavy atom. The second kappa shape index (κ2) is 10.1. The summed E-state index contributed by atoms with van der Waals surface area (Å²) in [7, 11) is 0. The molecule has 0 heterocycles. The van der Waals surface area contributed by atoms with E-state index in [4.69, 9.17) is 0 Å². The lowest BCUT2D eigenvalue weighted by Gasteiger charge is -2.08. The molecular weight excluding hydrogens is 276 g/mol. The van der Waals surface area contributed by atoms with Gasteiger partial charge in [-0.25, -0.2) is 0 Å². The second-order valence-electron chi connectivity index (χ2n) is 5.36. The Morgan fingerprint density at radius 3 is 1.65 bits per heavy atom. The number of carbonyl (C=O) groups excluding carboxylic acids is 1. The highest BCUT2D eigenvalue weighted by Crippen LogP contribution is 2.18. The van der Waals surface area contributed by atoms with Gasteiger partial charge in [-0.1, -0.05) is 80.1 Å². The fourth-order valence-corrected chi connectivity index (χ4v) is 3.08. The van der Waals surface area contributed by atoms with Crippen LogP contribution in [0.15, 0.2) is 0 Å². The quantitative estimate of drug-likeness (QED) is 0.547. The Morgan fingerprint density at radius 1 is 0.706 bits per heavy atom. The van der Waals surface area contributed by atoms with Crippen molar-refractivity contribution >= 4 is 21.7 Å². The van der Waals surface area contributed by atoms with Crippen LogP contribution in [0.3, 0.4) is 0 Å². The van der Waals surface area contributed by atoms with Crippen LogP contribution in [0, 0.1) is 0 Å². The van der Waals surface area contributed by atoms with Crippen LogP contribution in [0.4, 0.5) is 0 Å². The Bertz CT molecular complexity index is 203. The third-order valence-electron chi connectivity index (χ3n) is 3.73. The molecule has 1 atom stereocenters. The van der Waals surface area contributed by atoms with Crippen molar-refractivity contribution in [3.8, 4) is 0 Å². The summed E-state index contributed by atoms with van der Waals surface area (Å²) in [5.74, 6) is 0.430. The summed E-state index contributed by atoms with van der Waals surface area (Å²) in [5.41, 5.74) is 0. The third-order valence-corrected chi connectivity index (χ3v) is 4.70. The number of alkyl halides is 1. The van der Waals surface area contributed by atoms with Crippen LogP contribution in [-0.4, -0.2) is 10.6 Å². The first-order chi connectivity index (χ1) is 8.30. The number of hydrogen-bond donors (Lipinski definition) is 0. The molecule has 0 radical (unpaired) electrons. The molecule has 0 aromatic rings. The number of rotatable bonds is 0. The van der Waals surface area contributed by atoms with E-state index < -0.39 is 0 Å². The van der Waals surface area contributed by atoms with Crippen LogP contribution in [-0.2, 0) is 4.79 Å². The van der Waals surface area contributed by atoms with Gasteiger partial charge in [-0.05, 0) is 12.8 Å². The van der Waals surface area contributed by atoms with Gasteiger partial charge < -0.3 is 0 Å². The average Bonchev–Trinajstić information content (AvgIpc) is 2.34. The van der Waals surface area contributed by atoms with E-state index in [1.165, 1.54) is 64.2 Å². The Labute approximate surface area is 115 Å². The van der Waals surface area contributed by atoms with Crippen molar-refractivity contribution in [3.63, 3.8) is 0 Å². The molecule has 1 fully saturated rings. The highest BCUT2D eigenvalue weighted by Gasteiger charge is 2.13. The van der Waals surface area contributed by atoms with E-state index >= 15 is 0 Å². The molecule has 0 bridgehead atoms. The van der Waals surface area contributed by atoms with Gasteiger partial charge in [-0.15, -0.1) is 0 Å². The maximum Gasteiger partial charge on any atom is 0.146 e. The third kappa shape index (κ3) is 7.96. The zero-order valence-electron chi connectivity index (χ0n) is 11.1. The number of hydrogen-bond acceptors (Lipinski definition) is 1. The van der Waals surface area contributed by atoms with E-state index in [9.17, 15) is 4.79 Å². The van der Waals surface area contributed by atoms with E-state index in [1.807, 2.05) is 0 Å². The highest BCUT2D eigenvalue weighted by atomic mass is 79.9. The Hall–Kier alpha value is 0.150. The minimum Gasteiger partial charge on any atom is -0.298 e. The molecule has 0 aliphatic heterocycles. The van der Waals surface area contributed by atoms with E-state index in [2.05, 4.69) is 15.9 Å². The first-order valence-electron chi connectivity index (χ1n) is 7.47. The number of halogens is 1. The maximum atomic E-state index is 11.8. The standard InChI is InChI=1S/C15H27BrO/c16-14-12-10-8-6-4-2-1-3-5-7-9-11-13-15(14)17/h14H,1-13H2. The van der Waals surface area contributed by atoms with Crippen molar-refractivity contribution < 1.29 is 4.79 Å². The van der Waals surface area contributed by atoms with Gasteiger partial charge >= 0.3 is 0 Å². The predicted molar refractivity (Wildman–Crippen MR) is 77.7 cm³/mol. The minimum atomic E-state index is 0.132. The Balaban J connectivity index is 2.24. The molecule has 1 aliphatic rings. The van der Waals surface area contributed by atoms with Crippen LogP contribution in [0.1, 0.15) is 83.5 Å². The molecule has 0 spiro atoms. The largest absolute Gasteiger partial charge is 0.298 e. The van der Waals surface area contributed by atoms with E-state index in [0.717, 1.165) is 19.3 Å². The van der Waals surface area contributed by atoms with Crippen LogP contribution < -0.4 is 0 Å².